The molecule has 0 bridgehead atoms. The van der Waals surface area contributed by atoms with Crippen LogP contribution in [0.5, 0.6) is 0 Å². The summed E-state index contributed by atoms with van der Waals surface area (Å²) in [6.45, 7) is 7.06. The molecule has 0 N–H and O–H groups in total. The molecule has 0 nitrogen and oxygen atoms in total. The maximum Gasteiger partial charge on any atom is -0.0326 e. The van der Waals surface area contributed by atoms with Gasteiger partial charge in [-0.3, -0.25) is 0 Å². The maximum absolute atomic E-state index is 2.38. The van der Waals surface area contributed by atoms with Crippen LogP contribution in [-0.4, -0.2) is 0 Å². The summed E-state index contributed by atoms with van der Waals surface area (Å²) in [5, 5.41) is 0. The third kappa shape index (κ3) is 0.765. The molecule has 0 heteroatoms. The van der Waals surface area contributed by atoms with Gasteiger partial charge in [0.2, 0.25) is 0 Å². The van der Waals surface area contributed by atoms with E-state index in [0.717, 1.165) is 5.92 Å². The van der Waals surface area contributed by atoms with Gasteiger partial charge in [0.25, 0.3) is 0 Å². The van der Waals surface area contributed by atoms with Crippen molar-refractivity contribution in [3.05, 3.63) is 0 Å². The highest BCUT2D eigenvalue weighted by molar-refractivity contribution is 4.87. The largest absolute Gasteiger partial charge is 0.0651 e. The van der Waals surface area contributed by atoms with Crippen LogP contribution in [0.2, 0.25) is 0 Å². The zero-order valence-corrected chi connectivity index (χ0v) is 6.20. The standard InChI is InChI=1S/C8H16/c1-4-7-5-6-8(7,2)3/h7H,4-6H2,1-3H3/t7-/m0/s1. The van der Waals surface area contributed by atoms with Crippen LogP contribution in [0.3, 0.4) is 0 Å². The highest BCUT2D eigenvalue weighted by atomic mass is 14.4. The summed E-state index contributed by atoms with van der Waals surface area (Å²) < 4.78 is 0. The van der Waals surface area contributed by atoms with Gasteiger partial charge >= 0.3 is 0 Å². The van der Waals surface area contributed by atoms with Crippen LogP contribution < -0.4 is 0 Å². The lowest BCUT2D eigenvalue weighted by molar-refractivity contribution is 0.0691. The first kappa shape index (κ1) is 6.12. The van der Waals surface area contributed by atoms with E-state index in [-0.39, 0.29) is 0 Å². The molecular weight excluding hydrogens is 96.1 g/mol. The van der Waals surface area contributed by atoms with Crippen molar-refractivity contribution in [2.45, 2.75) is 40.0 Å². The molecule has 1 rings (SSSR count). The van der Waals surface area contributed by atoms with E-state index in [1.165, 1.54) is 19.3 Å². The molecule has 0 aromatic heterocycles. The van der Waals surface area contributed by atoms with E-state index in [2.05, 4.69) is 20.8 Å². The molecule has 1 fully saturated rings. The van der Waals surface area contributed by atoms with Crippen LogP contribution in [0, 0.1) is 11.3 Å². The zero-order valence-electron chi connectivity index (χ0n) is 6.20. The van der Waals surface area contributed by atoms with Crippen LogP contribution in [0.1, 0.15) is 40.0 Å². The third-order valence-electron chi connectivity index (χ3n) is 2.74. The van der Waals surface area contributed by atoms with Crippen molar-refractivity contribution < 1.29 is 0 Å². The highest BCUT2D eigenvalue weighted by Crippen LogP contribution is 2.47. The zero-order chi connectivity index (χ0) is 6.20. The Morgan fingerprint density at radius 2 is 2.12 bits per heavy atom. The van der Waals surface area contributed by atoms with Gasteiger partial charge in [-0.15, -0.1) is 0 Å². The predicted octanol–water partition coefficient (Wildman–Crippen LogP) is 2.83. The molecule has 8 heavy (non-hydrogen) atoms. The van der Waals surface area contributed by atoms with Crippen molar-refractivity contribution in [3.63, 3.8) is 0 Å². The topological polar surface area (TPSA) is 0 Å². The van der Waals surface area contributed by atoms with Crippen LogP contribution in [0.25, 0.3) is 0 Å². The van der Waals surface area contributed by atoms with E-state index in [0.29, 0.717) is 5.41 Å². The molecule has 0 aliphatic heterocycles. The molecule has 1 aliphatic rings. The van der Waals surface area contributed by atoms with E-state index in [1.54, 1.807) is 0 Å². The van der Waals surface area contributed by atoms with Gasteiger partial charge in [-0.1, -0.05) is 27.2 Å². The molecule has 0 radical (unpaired) electrons. The van der Waals surface area contributed by atoms with Gasteiger partial charge in [-0.2, -0.15) is 0 Å². The first-order chi connectivity index (χ1) is 3.67. The molecule has 1 atom stereocenters. The van der Waals surface area contributed by atoms with Crippen molar-refractivity contribution in [1.29, 1.82) is 0 Å². The SMILES string of the molecule is CC[C@H]1CCC1(C)C. The third-order valence-corrected chi connectivity index (χ3v) is 2.74. The second-order valence-corrected chi connectivity index (χ2v) is 3.63. The Morgan fingerprint density at radius 3 is 2.12 bits per heavy atom. The van der Waals surface area contributed by atoms with E-state index >= 15 is 0 Å². The van der Waals surface area contributed by atoms with Crippen LogP contribution in [0.4, 0.5) is 0 Å². The fraction of sp³-hybridized carbons (Fsp3) is 1.00. The molecule has 0 aromatic rings. The van der Waals surface area contributed by atoms with Crippen LogP contribution >= 0.6 is 0 Å². The average Bonchev–Trinajstić information content (AvgIpc) is 1.66. The fourth-order valence-corrected chi connectivity index (χ4v) is 1.68. The van der Waals surface area contributed by atoms with E-state index < -0.39 is 0 Å². The second kappa shape index (κ2) is 1.75. The Balaban J connectivity index is 2.37. The predicted molar refractivity (Wildman–Crippen MR) is 36.8 cm³/mol. The normalized spacial score (nSPS) is 34.1. The van der Waals surface area contributed by atoms with Crippen LogP contribution in [0.15, 0.2) is 0 Å². The highest BCUT2D eigenvalue weighted by Gasteiger charge is 2.36. The van der Waals surface area contributed by atoms with Gasteiger partial charge in [0.1, 0.15) is 0 Å². The fourth-order valence-electron chi connectivity index (χ4n) is 1.68. The Bertz CT molecular complexity index is 80.0. The second-order valence-electron chi connectivity index (χ2n) is 3.63. The monoisotopic (exact) mass is 112 g/mol. The Hall–Kier alpha value is 0. The molecule has 48 valence electrons. The van der Waals surface area contributed by atoms with Gasteiger partial charge in [0, 0.05) is 0 Å². The molecule has 0 spiro atoms. The molecule has 0 saturated heterocycles. The Morgan fingerprint density at radius 1 is 1.50 bits per heavy atom. The van der Waals surface area contributed by atoms with Crippen molar-refractivity contribution in [3.8, 4) is 0 Å². The number of rotatable bonds is 1. The maximum atomic E-state index is 2.38. The van der Waals surface area contributed by atoms with Crippen LogP contribution in [-0.2, 0) is 0 Å². The molecule has 1 saturated carbocycles. The summed E-state index contributed by atoms with van der Waals surface area (Å²) >= 11 is 0. The number of hydrogen-bond donors (Lipinski definition) is 0. The minimum Gasteiger partial charge on any atom is -0.0651 e. The minimum atomic E-state index is 0.689. The molecular formula is C8H16. The van der Waals surface area contributed by atoms with Crippen molar-refractivity contribution >= 4 is 0 Å². The first-order valence-corrected chi connectivity index (χ1v) is 3.67. The number of hydrogen-bond acceptors (Lipinski definition) is 0. The quantitative estimate of drug-likeness (QED) is 0.489. The lowest BCUT2D eigenvalue weighted by Crippen LogP contribution is -2.33. The lowest BCUT2D eigenvalue weighted by Gasteiger charge is -2.44. The van der Waals surface area contributed by atoms with Gasteiger partial charge < -0.3 is 0 Å². The smallest absolute Gasteiger partial charge is 0.0326 e. The van der Waals surface area contributed by atoms with E-state index in [1.807, 2.05) is 0 Å². The molecule has 0 aromatic carbocycles. The summed E-state index contributed by atoms with van der Waals surface area (Å²) in [6, 6.07) is 0. The Kier molecular flexibility index (Phi) is 1.34. The summed E-state index contributed by atoms with van der Waals surface area (Å²) in [5.74, 6) is 1.03. The van der Waals surface area contributed by atoms with Gasteiger partial charge in [0.15, 0.2) is 0 Å². The van der Waals surface area contributed by atoms with E-state index in [9.17, 15) is 0 Å². The van der Waals surface area contributed by atoms with E-state index in [4.69, 9.17) is 0 Å². The van der Waals surface area contributed by atoms with Crippen molar-refractivity contribution in [1.82, 2.24) is 0 Å². The van der Waals surface area contributed by atoms with Crippen molar-refractivity contribution in [2.75, 3.05) is 0 Å². The summed E-state index contributed by atoms with van der Waals surface area (Å²) in [6.07, 6.45) is 4.31. The first-order valence-electron chi connectivity index (χ1n) is 3.67. The minimum absolute atomic E-state index is 0.689. The molecule has 0 heterocycles. The molecule has 1 aliphatic carbocycles. The summed E-state index contributed by atoms with van der Waals surface area (Å²) in [7, 11) is 0. The average molecular weight is 112 g/mol. The lowest BCUT2D eigenvalue weighted by atomic mass is 9.62. The summed E-state index contributed by atoms with van der Waals surface area (Å²) in [5.41, 5.74) is 0.689. The molecule has 0 amide bonds. The molecule has 0 unspecified atom stereocenters. The van der Waals surface area contributed by atoms with Crippen molar-refractivity contribution in [2.24, 2.45) is 11.3 Å². The van der Waals surface area contributed by atoms with Gasteiger partial charge in [-0.25, -0.2) is 0 Å². The summed E-state index contributed by atoms with van der Waals surface area (Å²) in [4.78, 5) is 0. The van der Waals surface area contributed by atoms with Gasteiger partial charge in [-0.05, 0) is 24.2 Å². The Labute approximate surface area is 52.3 Å². The van der Waals surface area contributed by atoms with Gasteiger partial charge in [0.05, 0.1) is 0 Å².